The van der Waals surface area contributed by atoms with Crippen molar-refractivity contribution >= 4 is 5.69 Å². The summed E-state index contributed by atoms with van der Waals surface area (Å²) in [5.41, 5.74) is 2.56. The summed E-state index contributed by atoms with van der Waals surface area (Å²) in [6, 6.07) is 9.12. The molecule has 2 heteroatoms. The molecule has 2 nitrogen and oxygen atoms in total. The van der Waals surface area contributed by atoms with Gasteiger partial charge >= 0.3 is 0 Å². The monoisotopic (exact) mass is 206 g/mol. The van der Waals surface area contributed by atoms with Crippen molar-refractivity contribution in [2.75, 3.05) is 26.5 Å². The van der Waals surface area contributed by atoms with Crippen molar-refractivity contribution in [2.24, 2.45) is 5.92 Å². The van der Waals surface area contributed by atoms with Crippen molar-refractivity contribution in [2.45, 2.75) is 19.9 Å². The third-order valence-corrected chi connectivity index (χ3v) is 2.70. The van der Waals surface area contributed by atoms with Crippen LogP contribution in [0.2, 0.25) is 0 Å². The van der Waals surface area contributed by atoms with Gasteiger partial charge < -0.3 is 10.2 Å². The van der Waals surface area contributed by atoms with Crippen molar-refractivity contribution in [3.8, 4) is 0 Å². The average Bonchev–Trinajstić information content (AvgIpc) is 2.17. The van der Waals surface area contributed by atoms with Gasteiger partial charge in [-0.15, -0.1) is 0 Å². The van der Waals surface area contributed by atoms with Gasteiger partial charge in [-0.05, 0) is 37.7 Å². The number of nitrogens with zero attached hydrogens (tertiary/aromatic N) is 1. The van der Waals surface area contributed by atoms with E-state index in [1.165, 1.54) is 11.3 Å². The largest absolute Gasteiger partial charge is 0.388 e. The molecule has 0 saturated carbocycles. The predicted molar refractivity (Wildman–Crippen MR) is 67.3 cm³/mol. The van der Waals surface area contributed by atoms with Gasteiger partial charge in [-0.2, -0.15) is 0 Å². The van der Waals surface area contributed by atoms with Crippen LogP contribution < -0.4 is 5.32 Å². The molecular formula is C13H22N2. The first-order valence-electron chi connectivity index (χ1n) is 5.50. The first-order chi connectivity index (χ1) is 7.06. The highest BCUT2D eigenvalue weighted by Gasteiger charge is 2.17. The standard InChI is InChI=1S/C13H22N2/c1-10(2)13(15(4)5)11-7-6-8-12(9-11)14-3/h6-10,13-14H,1-5H3. The summed E-state index contributed by atoms with van der Waals surface area (Å²) in [5, 5.41) is 3.18. The van der Waals surface area contributed by atoms with Gasteiger partial charge in [0.25, 0.3) is 0 Å². The molecule has 1 N–H and O–H groups in total. The molecule has 84 valence electrons. The minimum Gasteiger partial charge on any atom is -0.388 e. The van der Waals surface area contributed by atoms with Crippen molar-refractivity contribution in [3.05, 3.63) is 29.8 Å². The Balaban J connectivity index is 3.00. The molecule has 1 atom stereocenters. The summed E-state index contributed by atoms with van der Waals surface area (Å²) in [5.74, 6) is 0.618. The van der Waals surface area contributed by atoms with E-state index in [1.807, 2.05) is 7.05 Å². The summed E-state index contributed by atoms with van der Waals surface area (Å²) >= 11 is 0. The number of hydrogen-bond donors (Lipinski definition) is 1. The summed E-state index contributed by atoms with van der Waals surface area (Å²) in [7, 11) is 6.23. The lowest BCUT2D eigenvalue weighted by Gasteiger charge is -2.28. The highest BCUT2D eigenvalue weighted by atomic mass is 15.1. The van der Waals surface area contributed by atoms with Crippen LogP contribution in [-0.2, 0) is 0 Å². The molecule has 0 aliphatic rings. The summed E-state index contributed by atoms with van der Waals surface area (Å²) < 4.78 is 0. The van der Waals surface area contributed by atoms with E-state index in [1.54, 1.807) is 0 Å². The van der Waals surface area contributed by atoms with E-state index in [4.69, 9.17) is 0 Å². The Kier molecular flexibility index (Phi) is 4.15. The maximum absolute atomic E-state index is 3.18. The molecule has 0 bridgehead atoms. The van der Waals surface area contributed by atoms with E-state index in [2.05, 4.69) is 62.4 Å². The Morgan fingerprint density at radius 3 is 2.33 bits per heavy atom. The molecule has 1 rings (SSSR count). The van der Waals surface area contributed by atoms with Crippen LogP contribution in [0, 0.1) is 5.92 Å². The van der Waals surface area contributed by atoms with E-state index in [-0.39, 0.29) is 0 Å². The smallest absolute Gasteiger partial charge is 0.0365 e. The van der Waals surface area contributed by atoms with Crippen molar-refractivity contribution in [3.63, 3.8) is 0 Å². The fourth-order valence-corrected chi connectivity index (χ4v) is 2.16. The molecule has 0 spiro atoms. The average molecular weight is 206 g/mol. The molecule has 15 heavy (non-hydrogen) atoms. The molecule has 0 aliphatic carbocycles. The SMILES string of the molecule is CNc1cccc(C(C(C)C)N(C)C)c1. The van der Waals surface area contributed by atoms with Gasteiger partial charge in [-0.3, -0.25) is 0 Å². The number of anilines is 1. The van der Waals surface area contributed by atoms with Crippen LogP contribution in [0.25, 0.3) is 0 Å². The summed E-state index contributed by atoms with van der Waals surface area (Å²) in [6.07, 6.45) is 0. The fourth-order valence-electron chi connectivity index (χ4n) is 2.16. The Labute approximate surface area is 93.3 Å². The molecule has 1 aromatic rings. The highest BCUT2D eigenvalue weighted by Crippen LogP contribution is 2.27. The lowest BCUT2D eigenvalue weighted by atomic mass is 9.95. The first-order valence-corrected chi connectivity index (χ1v) is 5.50. The Hall–Kier alpha value is -1.02. The molecule has 0 radical (unpaired) electrons. The van der Waals surface area contributed by atoms with E-state index in [0.29, 0.717) is 12.0 Å². The van der Waals surface area contributed by atoms with E-state index < -0.39 is 0 Å². The fraction of sp³-hybridized carbons (Fsp3) is 0.538. The van der Waals surface area contributed by atoms with Crippen LogP contribution in [0.4, 0.5) is 5.69 Å². The zero-order valence-corrected chi connectivity index (χ0v) is 10.4. The Morgan fingerprint density at radius 1 is 1.20 bits per heavy atom. The van der Waals surface area contributed by atoms with Gasteiger partial charge in [0.2, 0.25) is 0 Å². The van der Waals surface area contributed by atoms with Crippen LogP contribution in [-0.4, -0.2) is 26.0 Å². The van der Waals surface area contributed by atoms with E-state index in [9.17, 15) is 0 Å². The lowest BCUT2D eigenvalue weighted by molar-refractivity contribution is 0.235. The van der Waals surface area contributed by atoms with Crippen LogP contribution in [0.1, 0.15) is 25.5 Å². The molecule has 0 amide bonds. The molecule has 1 aromatic carbocycles. The second-order valence-electron chi connectivity index (χ2n) is 4.53. The number of rotatable bonds is 4. The highest BCUT2D eigenvalue weighted by molar-refractivity contribution is 5.45. The van der Waals surface area contributed by atoms with Crippen LogP contribution >= 0.6 is 0 Å². The van der Waals surface area contributed by atoms with Crippen LogP contribution in [0.3, 0.4) is 0 Å². The minimum absolute atomic E-state index is 0.485. The molecule has 1 unspecified atom stereocenters. The van der Waals surface area contributed by atoms with Crippen LogP contribution in [0.5, 0.6) is 0 Å². The third kappa shape index (κ3) is 2.96. The quantitative estimate of drug-likeness (QED) is 0.814. The zero-order chi connectivity index (χ0) is 11.4. The molecular weight excluding hydrogens is 184 g/mol. The summed E-state index contributed by atoms with van der Waals surface area (Å²) in [6.45, 7) is 4.52. The number of nitrogens with one attached hydrogen (secondary N) is 1. The van der Waals surface area contributed by atoms with Gasteiger partial charge in [0, 0.05) is 18.8 Å². The van der Waals surface area contributed by atoms with Crippen molar-refractivity contribution in [1.82, 2.24) is 4.90 Å². The second kappa shape index (κ2) is 5.17. The number of hydrogen-bond acceptors (Lipinski definition) is 2. The zero-order valence-electron chi connectivity index (χ0n) is 10.4. The normalized spacial score (nSPS) is 13.3. The molecule has 0 saturated heterocycles. The van der Waals surface area contributed by atoms with Gasteiger partial charge in [0.05, 0.1) is 0 Å². The van der Waals surface area contributed by atoms with Gasteiger partial charge in [-0.1, -0.05) is 26.0 Å². The Morgan fingerprint density at radius 2 is 1.87 bits per heavy atom. The maximum Gasteiger partial charge on any atom is 0.0365 e. The predicted octanol–water partition coefficient (Wildman–Crippen LogP) is 2.99. The number of benzene rings is 1. The molecule has 0 aromatic heterocycles. The van der Waals surface area contributed by atoms with E-state index >= 15 is 0 Å². The lowest BCUT2D eigenvalue weighted by Crippen LogP contribution is -2.24. The van der Waals surface area contributed by atoms with Gasteiger partial charge in [-0.25, -0.2) is 0 Å². The molecule has 0 heterocycles. The first kappa shape index (κ1) is 12.1. The van der Waals surface area contributed by atoms with Crippen molar-refractivity contribution in [1.29, 1.82) is 0 Å². The second-order valence-corrected chi connectivity index (χ2v) is 4.53. The minimum atomic E-state index is 0.485. The topological polar surface area (TPSA) is 15.3 Å². The van der Waals surface area contributed by atoms with Crippen molar-refractivity contribution < 1.29 is 0 Å². The molecule has 0 aliphatic heterocycles. The molecule has 0 fully saturated rings. The maximum atomic E-state index is 3.18. The van der Waals surface area contributed by atoms with Crippen LogP contribution in [0.15, 0.2) is 24.3 Å². The Bertz CT molecular complexity index is 297. The van der Waals surface area contributed by atoms with Gasteiger partial charge in [0.15, 0.2) is 0 Å². The van der Waals surface area contributed by atoms with Gasteiger partial charge in [0.1, 0.15) is 0 Å². The van der Waals surface area contributed by atoms with E-state index in [0.717, 1.165) is 0 Å². The summed E-state index contributed by atoms with van der Waals surface area (Å²) in [4.78, 5) is 2.28. The third-order valence-electron chi connectivity index (χ3n) is 2.70.